The third kappa shape index (κ3) is 6.11. The van der Waals surface area contributed by atoms with Gasteiger partial charge >= 0.3 is 5.97 Å². The molecule has 1 N–H and O–H groups in total. The quantitative estimate of drug-likeness (QED) is 0.313. The number of rotatable bonds is 6. The first-order valence-electron chi connectivity index (χ1n) is 17.0. The highest BCUT2D eigenvalue weighted by Gasteiger charge is 2.62. The zero-order valence-corrected chi connectivity index (χ0v) is 28.7. The second-order valence-electron chi connectivity index (χ2n) is 14.9. The van der Waals surface area contributed by atoms with Crippen molar-refractivity contribution in [3.63, 3.8) is 0 Å². The lowest BCUT2D eigenvalue weighted by Crippen LogP contribution is -2.59. The van der Waals surface area contributed by atoms with Crippen LogP contribution in [0.25, 0.3) is 0 Å². The predicted octanol–water partition coefficient (Wildman–Crippen LogP) is 5.18. The summed E-state index contributed by atoms with van der Waals surface area (Å²) in [4.78, 5) is 27.7. The maximum atomic E-state index is 14.2. The van der Waals surface area contributed by atoms with E-state index < -0.39 is 29.8 Å². The minimum absolute atomic E-state index is 0.0296. The third-order valence-electron chi connectivity index (χ3n) is 12.2. The van der Waals surface area contributed by atoms with Gasteiger partial charge in [-0.25, -0.2) is 0 Å². The van der Waals surface area contributed by atoms with Gasteiger partial charge in [0.2, 0.25) is 0 Å². The van der Waals surface area contributed by atoms with Gasteiger partial charge in [0.1, 0.15) is 24.4 Å². The van der Waals surface area contributed by atoms with Crippen LogP contribution < -0.4 is 0 Å². The third-order valence-corrected chi connectivity index (χ3v) is 12.2. The highest BCUT2D eigenvalue weighted by Crippen LogP contribution is 2.65. The van der Waals surface area contributed by atoms with Crippen LogP contribution in [-0.2, 0) is 38.0 Å². The number of allylic oxidation sites excluding steroid dienone is 4. The number of aliphatic hydroxyl groups is 1. The Hall–Kier alpha value is -1.62. The number of fused-ring (bicyclic) bond motifs is 5. The van der Waals surface area contributed by atoms with Crippen molar-refractivity contribution in [2.24, 2.45) is 34.5 Å². The van der Waals surface area contributed by atoms with E-state index in [1.54, 1.807) is 21.3 Å². The standard InChI is InChI=1S/C36H56O9/c1-10-22-12-11-13-28(37)20(3)30(39)27-16-26-25(36(27,6)18-29(38)44-22)14-19(2)24-15-23(17-35(24,26)5)45-34-33(42-9)32(41-8)31(40-7)21(4)43-34/h14,16,20-26,28,31-34,37H,10-13,15,17-18H2,1-9H3/t20-,21-,22+,23-,24?,25-,26-,28+,31-,32+,33+,34-,35-,36+/m1/s1. The first-order chi connectivity index (χ1) is 21.3. The first-order valence-corrected chi connectivity index (χ1v) is 17.0. The number of hydrogen-bond acceptors (Lipinski definition) is 9. The fourth-order valence-corrected chi connectivity index (χ4v) is 9.55. The molecule has 254 valence electrons. The van der Waals surface area contributed by atoms with E-state index in [-0.39, 0.29) is 71.9 Å². The van der Waals surface area contributed by atoms with E-state index >= 15 is 0 Å². The van der Waals surface area contributed by atoms with Crippen molar-refractivity contribution < 1.29 is 43.1 Å². The van der Waals surface area contributed by atoms with Gasteiger partial charge in [-0.1, -0.05) is 45.4 Å². The maximum Gasteiger partial charge on any atom is 0.306 e. The van der Waals surface area contributed by atoms with Crippen LogP contribution in [0.4, 0.5) is 0 Å². The second-order valence-corrected chi connectivity index (χ2v) is 14.9. The lowest BCUT2D eigenvalue weighted by Gasteiger charge is -2.48. The van der Waals surface area contributed by atoms with Crippen LogP contribution in [0.15, 0.2) is 23.3 Å². The minimum Gasteiger partial charge on any atom is -0.462 e. The summed E-state index contributed by atoms with van der Waals surface area (Å²) >= 11 is 0. The van der Waals surface area contributed by atoms with Gasteiger partial charge in [0.25, 0.3) is 0 Å². The minimum atomic E-state index is -0.734. The van der Waals surface area contributed by atoms with E-state index in [2.05, 4.69) is 32.9 Å². The molecule has 0 radical (unpaired) electrons. The largest absolute Gasteiger partial charge is 0.462 e. The lowest BCUT2D eigenvalue weighted by molar-refractivity contribution is -0.314. The molecular weight excluding hydrogens is 576 g/mol. The number of ether oxygens (including phenoxy) is 6. The van der Waals surface area contributed by atoms with E-state index in [4.69, 9.17) is 28.4 Å². The van der Waals surface area contributed by atoms with Crippen LogP contribution in [0.1, 0.15) is 86.5 Å². The zero-order valence-electron chi connectivity index (χ0n) is 28.7. The molecule has 9 nitrogen and oxygen atoms in total. The fraction of sp³-hybridized carbons (Fsp3) is 0.833. The molecule has 0 aromatic carbocycles. The van der Waals surface area contributed by atoms with E-state index in [1.807, 2.05) is 20.8 Å². The van der Waals surface area contributed by atoms with Crippen LogP contribution in [-0.4, -0.2) is 87.2 Å². The summed E-state index contributed by atoms with van der Waals surface area (Å²) in [6, 6.07) is 0. The van der Waals surface area contributed by atoms with E-state index in [9.17, 15) is 14.7 Å². The topological polar surface area (TPSA) is 110 Å². The molecule has 0 spiro atoms. The molecule has 5 aliphatic rings. The number of ketones is 1. The first kappa shape index (κ1) is 34.7. The van der Waals surface area contributed by atoms with E-state index in [1.165, 1.54) is 5.57 Å². The average Bonchev–Trinajstić information content (AvgIpc) is 3.49. The molecule has 0 aromatic heterocycles. The van der Waals surface area contributed by atoms with Gasteiger partial charge in [-0.05, 0) is 81.1 Å². The van der Waals surface area contributed by atoms with Gasteiger partial charge in [0.15, 0.2) is 12.1 Å². The van der Waals surface area contributed by atoms with Gasteiger partial charge in [-0.15, -0.1) is 0 Å². The molecule has 2 aliphatic heterocycles. The van der Waals surface area contributed by atoms with Gasteiger partial charge in [0, 0.05) is 32.7 Å². The van der Waals surface area contributed by atoms with Crippen LogP contribution in [0.5, 0.6) is 0 Å². The Morgan fingerprint density at radius 2 is 1.67 bits per heavy atom. The van der Waals surface area contributed by atoms with Gasteiger partial charge in [-0.3, -0.25) is 9.59 Å². The van der Waals surface area contributed by atoms with Crippen molar-refractivity contribution in [1.29, 1.82) is 0 Å². The van der Waals surface area contributed by atoms with Gasteiger partial charge < -0.3 is 33.5 Å². The number of Topliss-reactive ketones (excluding diaryl/α,β-unsaturated/α-hetero) is 1. The monoisotopic (exact) mass is 632 g/mol. The molecule has 0 bridgehead atoms. The van der Waals surface area contributed by atoms with Gasteiger partial charge in [0.05, 0.1) is 24.7 Å². The Kier molecular flexibility index (Phi) is 10.4. The number of hydrogen-bond donors (Lipinski definition) is 1. The Morgan fingerprint density at radius 1 is 0.978 bits per heavy atom. The van der Waals surface area contributed by atoms with Crippen LogP contribution >= 0.6 is 0 Å². The van der Waals surface area contributed by atoms with Crippen molar-refractivity contribution >= 4 is 11.8 Å². The van der Waals surface area contributed by atoms with Gasteiger partial charge in [-0.2, -0.15) is 0 Å². The summed E-state index contributed by atoms with van der Waals surface area (Å²) in [5.74, 6) is -0.619. The van der Waals surface area contributed by atoms with Crippen molar-refractivity contribution in [1.82, 2.24) is 0 Å². The average molecular weight is 633 g/mol. The molecule has 2 heterocycles. The normalized spacial score (nSPS) is 47.4. The molecule has 1 saturated carbocycles. The zero-order chi connectivity index (χ0) is 32.8. The van der Waals surface area contributed by atoms with Crippen LogP contribution in [0, 0.1) is 34.5 Å². The molecule has 0 aromatic rings. The number of aliphatic hydroxyl groups excluding tert-OH is 1. The molecule has 0 amide bonds. The summed E-state index contributed by atoms with van der Waals surface area (Å²) in [6.07, 6.45) is 5.89. The Balaban J connectivity index is 1.45. The fourth-order valence-electron chi connectivity index (χ4n) is 9.55. The summed E-state index contributed by atoms with van der Waals surface area (Å²) in [5, 5.41) is 11.0. The number of cyclic esters (lactones) is 1. The summed E-state index contributed by atoms with van der Waals surface area (Å²) in [6.45, 7) is 12.4. The Bertz CT molecular complexity index is 1170. The molecule has 45 heavy (non-hydrogen) atoms. The van der Waals surface area contributed by atoms with Crippen molar-refractivity contribution in [2.45, 2.75) is 136 Å². The molecule has 14 atom stereocenters. The molecule has 1 unspecified atom stereocenters. The Morgan fingerprint density at radius 3 is 2.31 bits per heavy atom. The number of carbonyl (C=O) groups is 2. The van der Waals surface area contributed by atoms with Crippen LogP contribution in [0.2, 0.25) is 0 Å². The van der Waals surface area contributed by atoms with Crippen molar-refractivity contribution in [3.05, 3.63) is 23.3 Å². The molecule has 5 rings (SSSR count). The SMILES string of the molecule is CC[C@H]1CCC[C@H](O)[C@@H](C)C(=O)C2=C[C@@H]3[C@@H](C=C(C)C4C[C@@H](O[C@H]5O[C@H](C)[C@@H](OC)[C@H](OC)[C@@H]5OC)C[C@]43C)[C@]2(C)CC(=O)O1. The molecule has 3 fully saturated rings. The summed E-state index contributed by atoms with van der Waals surface area (Å²) < 4.78 is 36.4. The highest BCUT2D eigenvalue weighted by molar-refractivity contribution is 6.00. The predicted molar refractivity (Wildman–Crippen MR) is 168 cm³/mol. The molecule has 3 aliphatic carbocycles. The van der Waals surface area contributed by atoms with Crippen molar-refractivity contribution in [3.8, 4) is 0 Å². The highest BCUT2D eigenvalue weighted by atomic mass is 16.7. The van der Waals surface area contributed by atoms with E-state index in [0.717, 1.165) is 19.3 Å². The second kappa shape index (κ2) is 13.5. The summed E-state index contributed by atoms with van der Waals surface area (Å²) in [7, 11) is 4.95. The maximum absolute atomic E-state index is 14.2. The van der Waals surface area contributed by atoms with Crippen molar-refractivity contribution in [2.75, 3.05) is 21.3 Å². The number of esters is 1. The summed E-state index contributed by atoms with van der Waals surface area (Å²) in [5.41, 5.74) is 0.995. The Labute approximate surface area is 269 Å². The van der Waals surface area contributed by atoms with Crippen LogP contribution in [0.3, 0.4) is 0 Å². The molecule has 9 heteroatoms. The smallest absolute Gasteiger partial charge is 0.306 e. The number of carbonyl (C=O) groups excluding carboxylic acids is 2. The lowest BCUT2D eigenvalue weighted by atomic mass is 9.56. The molecule has 2 saturated heterocycles. The molecular formula is C36H56O9. The van der Waals surface area contributed by atoms with E-state index in [0.29, 0.717) is 24.8 Å². The number of methoxy groups -OCH3 is 3.